The van der Waals surface area contributed by atoms with Crippen molar-refractivity contribution in [1.29, 1.82) is 0 Å². The number of aliphatic imine (C=N–C) groups is 1. The lowest BCUT2D eigenvalue weighted by atomic mass is 10.2. The summed E-state index contributed by atoms with van der Waals surface area (Å²) in [6, 6.07) is 10.3. The number of rotatable bonds is 6. The van der Waals surface area contributed by atoms with Crippen molar-refractivity contribution >= 4 is 11.5 Å². The van der Waals surface area contributed by atoms with Gasteiger partial charge in [0.05, 0.1) is 40.1 Å². The Kier molecular flexibility index (Phi) is 4.92. The Labute approximate surface area is 145 Å². The highest BCUT2D eigenvalue weighted by molar-refractivity contribution is 6.01. The van der Waals surface area contributed by atoms with Gasteiger partial charge in [-0.15, -0.1) is 0 Å². The standard InChI is InChI=1S/C18H20FN3O3/c1-23-15-7-4-12(10-17(15)25-3)18-20-8-9-22(18)21-13-5-6-14(19)16(11-13)24-2/h4-7,10-11,21H,8-9H2,1-3H3. The number of halogens is 1. The highest BCUT2D eigenvalue weighted by atomic mass is 19.1. The van der Waals surface area contributed by atoms with E-state index in [4.69, 9.17) is 14.2 Å². The summed E-state index contributed by atoms with van der Waals surface area (Å²) in [4.78, 5) is 4.55. The smallest absolute Gasteiger partial charge is 0.165 e. The maximum Gasteiger partial charge on any atom is 0.165 e. The SMILES string of the molecule is COc1cc(NN2CCN=C2c2ccc(OC)c(OC)c2)ccc1F. The van der Waals surface area contributed by atoms with Crippen LogP contribution >= 0.6 is 0 Å². The minimum atomic E-state index is -0.400. The molecule has 1 aliphatic heterocycles. The second-order valence-corrected chi connectivity index (χ2v) is 5.39. The summed E-state index contributed by atoms with van der Waals surface area (Å²) in [5, 5.41) is 1.91. The van der Waals surface area contributed by atoms with Crippen LogP contribution in [0.4, 0.5) is 10.1 Å². The maximum absolute atomic E-state index is 13.6. The van der Waals surface area contributed by atoms with E-state index in [-0.39, 0.29) is 5.75 Å². The van der Waals surface area contributed by atoms with Crippen molar-refractivity contribution in [2.75, 3.05) is 39.8 Å². The number of amidine groups is 1. The van der Waals surface area contributed by atoms with Gasteiger partial charge in [-0.1, -0.05) is 0 Å². The highest BCUT2D eigenvalue weighted by Gasteiger charge is 2.20. The van der Waals surface area contributed by atoms with Gasteiger partial charge in [0.2, 0.25) is 0 Å². The number of hydrogen-bond acceptors (Lipinski definition) is 6. The van der Waals surface area contributed by atoms with Gasteiger partial charge in [0.1, 0.15) is 5.84 Å². The van der Waals surface area contributed by atoms with Crippen molar-refractivity contribution in [2.45, 2.75) is 0 Å². The normalized spacial score (nSPS) is 13.4. The van der Waals surface area contributed by atoms with E-state index in [1.54, 1.807) is 26.4 Å². The zero-order chi connectivity index (χ0) is 17.8. The van der Waals surface area contributed by atoms with E-state index in [0.29, 0.717) is 30.3 Å². The summed E-state index contributed by atoms with van der Waals surface area (Å²) < 4.78 is 29.2. The predicted molar refractivity (Wildman–Crippen MR) is 94.2 cm³/mol. The van der Waals surface area contributed by atoms with E-state index in [2.05, 4.69) is 10.4 Å². The molecule has 1 N–H and O–H groups in total. The van der Waals surface area contributed by atoms with Gasteiger partial charge < -0.3 is 14.2 Å². The maximum atomic E-state index is 13.6. The second-order valence-electron chi connectivity index (χ2n) is 5.39. The van der Waals surface area contributed by atoms with Gasteiger partial charge in [-0.05, 0) is 30.3 Å². The van der Waals surface area contributed by atoms with Crippen LogP contribution in [0.2, 0.25) is 0 Å². The monoisotopic (exact) mass is 345 g/mol. The number of hydrazine groups is 1. The molecular formula is C18H20FN3O3. The van der Waals surface area contributed by atoms with Crippen molar-refractivity contribution in [3.63, 3.8) is 0 Å². The molecule has 0 fully saturated rings. The molecule has 132 valence electrons. The minimum absolute atomic E-state index is 0.189. The third kappa shape index (κ3) is 3.45. The van der Waals surface area contributed by atoms with Crippen LogP contribution in [0.5, 0.6) is 17.2 Å². The molecule has 0 saturated carbocycles. The summed E-state index contributed by atoms with van der Waals surface area (Å²) in [6.45, 7) is 1.36. The minimum Gasteiger partial charge on any atom is -0.494 e. The van der Waals surface area contributed by atoms with E-state index in [9.17, 15) is 4.39 Å². The Morgan fingerprint density at radius 1 is 0.960 bits per heavy atom. The largest absolute Gasteiger partial charge is 0.494 e. The number of benzene rings is 2. The molecule has 0 unspecified atom stereocenters. The van der Waals surface area contributed by atoms with Crippen LogP contribution in [0.1, 0.15) is 5.56 Å². The molecule has 0 bridgehead atoms. The van der Waals surface area contributed by atoms with Crippen molar-refractivity contribution < 1.29 is 18.6 Å². The molecule has 0 radical (unpaired) electrons. The van der Waals surface area contributed by atoms with Gasteiger partial charge in [-0.3, -0.25) is 15.4 Å². The fraction of sp³-hybridized carbons (Fsp3) is 0.278. The van der Waals surface area contributed by atoms with Gasteiger partial charge in [0.15, 0.2) is 23.1 Å². The Morgan fingerprint density at radius 2 is 1.72 bits per heavy atom. The molecule has 1 aliphatic rings. The molecule has 25 heavy (non-hydrogen) atoms. The summed E-state index contributed by atoms with van der Waals surface area (Å²) in [5.74, 6) is 1.87. The Morgan fingerprint density at radius 3 is 2.44 bits per heavy atom. The third-order valence-corrected chi connectivity index (χ3v) is 3.90. The lowest BCUT2D eigenvalue weighted by Crippen LogP contribution is -2.34. The zero-order valence-electron chi connectivity index (χ0n) is 14.4. The first kappa shape index (κ1) is 16.9. The van der Waals surface area contributed by atoms with Gasteiger partial charge in [0, 0.05) is 11.6 Å². The van der Waals surface area contributed by atoms with Crippen molar-refractivity contribution in [3.8, 4) is 17.2 Å². The van der Waals surface area contributed by atoms with Crippen LogP contribution in [-0.4, -0.2) is 45.3 Å². The van der Waals surface area contributed by atoms with E-state index in [1.807, 2.05) is 23.2 Å². The number of ether oxygens (including phenoxy) is 3. The lowest BCUT2D eigenvalue weighted by molar-refractivity contribution is 0.355. The van der Waals surface area contributed by atoms with Crippen LogP contribution in [0, 0.1) is 5.82 Å². The summed E-state index contributed by atoms with van der Waals surface area (Å²) in [5.41, 5.74) is 4.86. The molecular weight excluding hydrogens is 325 g/mol. The van der Waals surface area contributed by atoms with Crippen molar-refractivity contribution in [2.24, 2.45) is 4.99 Å². The first-order chi connectivity index (χ1) is 12.2. The van der Waals surface area contributed by atoms with Crippen LogP contribution < -0.4 is 19.6 Å². The molecule has 2 aromatic carbocycles. The molecule has 2 aromatic rings. The number of nitrogens with zero attached hydrogens (tertiary/aromatic N) is 2. The molecule has 0 spiro atoms. The topological polar surface area (TPSA) is 55.3 Å². The Hall–Kier alpha value is -2.96. The zero-order valence-corrected chi connectivity index (χ0v) is 14.4. The second kappa shape index (κ2) is 7.29. The third-order valence-electron chi connectivity index (χ3n) is 3.90. The van der Waals surface area contributed by atoms with Gasteiger partial charge in [-0.25, -0.2) is 4.39 Å². The molecule has 0 saturated heterocycles. The molecule has 0 aromatic heterocycles. The number of nitrogens with one attached hydrogen (secondary N) is 1. The molecule has 7 heteroatoms. The quantitative estimate of drug-likeness (QED) is 0.872. The van der Waals surface area contributed by atoms with Crippen molar-refractivity contribution in [1.82, 2.24) is 5.01 Å². The van der Waals surface area contributed by atoms with E-state index in [1.165, 1.54) is 13.2 Å². The fourth-order valence-corrected chi connectivity index (χ4v) is 2.66. The fourth-order valence-electron chi connectivity index (χ4n) is 2.66. The Balaban J connectivity index is 1.83. The average Bonchev–Trinajstić information content (AvgIpc) is 3.10. The van der Waals surface area contributed by atoms with E-state index in [0.717, 1.165) is 11.4 Å². The van der Waals surface area contributed by atoms with Gasteiger partial charge in [-0.2, -0.15) is 0 Å². The molecule has 0 amide bonds. The van der Waals surface area contributed by atoms with E-state index >= 15 is 0 Å². The summed E-state index contributed by atoms with van der Waals surface area (Å²) in [7, 11) is 4.63. The van der Waals surface area contributed by atoms with Gasteiger partial charge >= 0.3 is 0 Å². The van der Waals surface area contributed by atoms with Crippen LogP contribution in [0.15, 0.2) is 41.4 Å². The van der Waals surface area contributed by atoms with Crippen LogP contribution in [0.3, 0.4) is 0 Å². The first-order valence-electron chi connectivity index (χ1n) is 7.81. The highest BCUT2D eigenvalue weighted by Crippen LogP contribution is 2.29. The van der Waals surface area contributed by atoms with Gasteiger partial charge in [0.25, 0.3) is 0 Å². The molecule has 0 aliphatic carbocycles. The molecule has 6 nitrogen and oxygen atoms in total. The summed E-state index contributed by atoms with van der Waals surface area (Å²) in [6.07, 6.45) is 0. The molecule has 1 heterocycles. The van der Waals surface area contributed by atoms with Crippen molar-refractivity contribution in [3.05, 3.63) is 47.8 Å². The number of anilines is 1. The lowest BCUT2D eigenvalue weighted by Gasteiger charge is -2.23. The molecule has 0 atom stereocenters. The van der Waals surface area contributed by atoms with Crippen LogP contribution in [0.25, 0.3) is 0 Å². The van der Waals surface area contributed by atoms with E-state index < -0.39 is 5.82 Å². The number of hydrogen-bond donors (Lipinski definition) is 1. The van der Waals surface area contributed by atoms with Crippen LogP contribution in [-0.2, 0) is 0 Å². The average molecular weight is 345 g/mol. The summed E-state index contributed by atoms with van der Waals surface area (Å²) >= 11 is 0. The predicted octanol–water partition coefficient (Wildman–Crippen LogP) is 2.94. The number of methoxy groups -OCH3 is 3. The molecule has 3 rings (SSSR count). The Bertz CT molecular complexity index is 795. The first-order valence-corrected chi connectivity index (χ1v) is 7.81.